The van der Waals surface area contributed by atoms with Crippen LogP contribution >= 0.6 is 34.5 Å². The lowest BCUT2D eigenvalue weighted by Gasteiger charge is -2.29. The van der Waals surface area contributed by atoms with Crippen LogP contribution in [0.5, 0.6) is 5.75 Å². The summed E-state index contributed by atoms with van der Waals surface area (Å²) in [5.41, 5.74) is 2.99. The predicted molar refractivity (Wildman–Crippen MR) is 144 cm³/mol. The molecular weight excluding hydrogens is 517 g/mol. The normalized spacial score (nSPS) is 11.6. The number of carbonyl (C=O) groups is 2. The van der Waals surface area contributed by atoms with Crippen molar-refractivity contribution in [1.29, 1.82) is 0 Å². The first-order valence-corrected chi connectivity index (χ1v) is 12.7. The van der Waals surface area contributed by atoms with Gasteiger partial charge in [-0.3, -0.25) is 4.79 Å². The van der Waals surface area contributed by atoms with Crippen molar-refractivity contribution in [2.24, 2.45) is 0 Å². The van der Waals surface area contributed by atoms with E-state index in [2.05, 4.69) is 0 Å². The maximum atomic E-state index is 13.7. The molecule has 0 aliphatic rings. The van der Waals surface area contributed by atoms with Gasteiger partial charge in [0.2, 0.25) is 0 Å². The Kier molecular flexibility index (Phi) is 8.31. The third-order valence-electron chi connectivity index (χ3n) is 5.76. The molecule has 0 radical (unpaired) electrons. The van der Waals surface area contributed by atoms with Gasteiger partial charge in [0.05, 0.1) is 24.2 Å². The number of thiophene rings is 1. The Morgan fingerprint density at radius 2 is 1.69 bits per heavy atom. The van der Waals surface area contributed by atoms with E-state index in [1.807, 2.05) is 66.0 Å². The van der Waals surface area contributed by atoms with Gasteiger partial charge < -0.3 is 14.7 Å². The second-order valence-electron chi connectivity index (χ2n) is 8.13. The number of amides is 1. The quantitative estimate of drug-likeness (QED) is 0.247. The number of rotatable bonds is 9. The summed E-state index contributed by atoms with van der Waals surface area (Å²) >= 11 is 13.8. The van der Waals surface area contributed by atoms with Crippen LogP contribution in [0.15, 0.2) is 84.2 Å². The van der Waals surface area contributed by atoms with Gasteiger partial charge >= 0.3 is 5.97 Å². The molecule has 3 aromatic carbocycles. The number of nitrogens with zero attached hydrogens (tertiary/aromatic N) is 1. The molecule has 5 nitrogen and oxygen atoms in total. The molecule has 0 spiro atoms. The molecule has 0 bridgehead atoms. The lowest BCUT2D eigenvalue weighted by molar-refractivity contribution is -0.142. The maximum absolute atomic E-state index is 13.7. The van der Waals surface area contributed by atoms with Gasteiger partial charge in [-0.15, -0.1) is 11.3 Å². The molecule has 0 saturated carbocycles. The van der Waals surface area contributed by atoms with Crippen LogP contribution in [0.4, 0.5) is 0 Å². The second-order valence-corrected chi connectivity index (χ2v) is 9.97. The van der Waals surface area contributed by atoms with Crippen LogP contribution in [-0.4, -0.2) is 35.0 Å². The number of halogens is 2. The van der Waals surface area contributed by atoms with Gasteiger partial charge in [0.25, 0.3) is 5.91 Å². The van der Waals surface area contributed by atoms with Crippen LogP contribution in [0, 0.1) is 0 Å². The number of aliphatic carboxylic acids is 1. The Bertz CT molecular complexity index is 1360. The van der Waals surface area contributed by atoms with Crippen molar-refractivity contribution in [2.75, 3.05) is 7.11 Å². The molecule has 4 aromatic rings. The van der Waals surface area contributed by atoms with Gasteiger partial charge in [0.1, 0.15) is 11.8 Å². The number of benzene rings is 3. The standard InChI is InChI=1S/C28H23Cl2NO4S/c1-35-22-10-7-19(8-11-22)20-14-23(36-17-20)16-31(27(32)24-12-9-21(29)15-25(24)30)26(28(33)34)13-18-5-3-2-4-6-18/h2-12,14-15,17,26H,13,16H2,1H3,(H,33,34)/t26-/m0/s1. The molecule has 0 aliphatic carbocycles. The fraction of sp³-hybridized carbons (Fsp3) is 0.143. The van der Waals surface area contributed by atoms with E-state index in [0.29, 0.717) is 5.02 Å². The average Bonchev–Trinajstić information content (AvgIpc) is 3.35. The topological polar surface area (TPSA) is 66.8 Å². The van der Waals surface area contributed by atoms with E-state index in [1.54, 1.807) is 13.2 Å². The minimum Gasteiger partial charge on any atom is -0.497 e. The number of ether oxygens (including phenoxy) is 1. The highest BCUT2D eigenvalue weighted by molar-refractivity contribution is 7.10. The molecule has 1 N–H and O–H groups in total. The molecule has 1 heterocycles. The Labute approximate surface area is 223 Å². The highest BCUT2D eigenvalue weighted by Gasteiger charge is 2.32. The number of carboxylic acids is 1. The number of hydrogen-bond acceptors (Lipinski definition) is 4. The largest absolute Gasteiger partial charge is 0.497 e. The summed E-state index contributed by atoms with van der Waals surface area (Å²) in [7, 11) is 1.62. The van der Waals surface area contributed by atoms with Crippen LogP contribution in [0.1, 0.15) is 20.8 Å². The third-order valence-corrected chi connectivity index (χ3v) is 7.23. The number of carboxylic acid groups (broad SMARTS) is 1. The van der Waals surface area contributed by atoms with Crippen LogP contribution in [0.25, 0.3) is 11.1 Å². The van der Waals surface area contributed by atoms with Crippen molar-refractivity contribution in [2.45, 2.75) is 19.0 Å². The third kappa shape index (κ3) is 6.08. The summed E-state index contributed by atoms with van der Waals surface area (Å²) < 4.78 is 5.23. The predicted octanol–water partition coefficient (Wildman–Crippen LogP) is 7.07. The van der Waals surface area contributed by atoms with E-state index in [0.717, 1.165) is 27.3 Å². The fourth-order valence-electron chi connectivity index (χ4n) is 3.88. The summed E-state index contributed by atoms with van der Waals surface area (Å²) in [6.07, 6.45) is 0.157. The monoisotopic (exact) mass is 539 g/mol. The Hall–Kier alpha value is -3.32. The van der Waals surface area contributed by atoms with Crippen LogP contribution in [0.3, 0.4) is 0 Å². The van der Waals surface area contributed by atoms with E-state index in [1.165, 1.54) is 28.4 Å². The van der Waals surface area contributed by atoms with Crippen LogP contribution in [0.2, 0.25) is 10.0 Å². The van der Waals surface area contributed by atoms with Gasteiger partial charge in [0.15, 0.2) is 0 Å². The molecule has 0 saturated heterocycles. The molecule has 0 aliphatic heterocycles. The van der Waals surface area contributed by atoms with E-state index >= 15 is 0 Å². The molecular formula is C28H23Cl2NO4S. The zero-order valence-electron chi connectivity index (χ0n) is 19.4. The number of hydrogen-bond donors (Lipinski definition) is 1. The van der Waals surface area contributed by atoms with E-state index in [-0.39, 0.29) is 23.6 Å². The SMILES string of the molecule is COc1ccc(-c2csc(CN(C(=O)c3ccc(Cl)cc3Cl)[C@@H](Cc3ccccc3)C(=O)O)c2)cc1. The molecule has 184 valence electrons. The molecule has 1 atom stereocenters. The zero-order chi connectivity index (χ0) is 25.7. The van der Waals surface area contributed by atoms with Crippen LogP contribution < -0.4 is 4.74 Å². The molecule has 0 fully saturated rings. The molecule has 36 heavy (non-hydrogen) atoms. The molecule has 1 aromatic heterocycles. The first-order valence-electron chi connectivity index (χ1n) is 11.1. The van der Waals surface area contributed by atoms with E-state index in [9.17, 15) is 14.7 Å². The summed E-state index contributed by atoms with van der Waals surface area (Å²) in [6, 6.07) is 22.4. The minimum atomic E-state index is -1.10. The average molecular weight is 540 g/mol. The zero-order valence-corrected chi connectivity index (χ0v) is 21.7. The number of methoxy groups -OCH3 is 1. The molecule has 0 unspecified atom stereocenters. The van der Waals surface area contributed by atoms with Gasteiger partial charge in [-0.1, -0.05) is 65.7 Å². The summed E-state index contributed by atoms with van der Waals surface area (Å²) in [5.74, 6) is -0.806. The van der Waals surface area contributed by atoms with Crippen molar-refractivity contribution >= 4 is 46.4 Å². The Morgan fingerprint density at radius 1 is 0.972 bits per heavy atom. The van der Waals surface area contributed by atoms with Gasteiger partial charge in [-0.2, -0.15) is 0 Å². The summed E-state index contributed by atoms with van der Waals surface area (Å²) in [4.78, 5) is 28.3. The van der Waals surface area contributed by atoms with Crippen molar-refractivity contribution in [3.05, 3.63) is 110 Å². The Balaban J connectivity index is 1.68. The number of carbonyl (C=O) groups excluding carboxylic acids is 1. The first-order chi connectivity index (χ1) is 17.4. The molecule has 1 amide bonds. The lowest BCUT2D eigenvalue weighted by Crippen LogP contribution is -2.46. The van der Waals surface area contributed by atoms with Gasteiger partial charge in [-0.25, -0.2) is 4.79 Å². The minimum absolute atomic E-state index is 0.114. The second kappa shape index (κ2) is 11.6. The van der Waals surface area contributed by atoms with Gasteiger partial charge in [-0.05, 0) is 58.5 Å². The van der Waals surface area contributed by atoms with Crippen molar-refractivity contribution in [3.63, 3.8) is 0 Å². The highest BCUT2D eigenvalue weighted by Crippen LogP contribution is 2.30. The van der Waals surface area contributed by atoms with Gasteiger partial charge in [0, 0.05) is 16.3 Å². The molecule has 4 rings (SSSR count). The Morgan fingerprint density at radius 3 is 2.33 bits per heavy atom. The maximum Gasteiger partial charge on any atom is 0.326 e. The first kappa shape index (κ1) is 25.8. The highest BCUT2D eigenvalue weighted by atomic mass is 35.5. The molecule has 8 heteroatoms. The van der Waals surface area contributed by atoms with E-state index < -0.39 is 17.9 Å². The lowest BCUT2D eigenvalue weighted by atomic mass is 10.0. The van der Waals surface area contributed by atoms with Crippen LogP contribution in [-0.2, 0) is 17.8 Å². The summed E-state index contributed by atoms with van der Waals surface area (Å²) in [5, 5.41) is 12.7. The van der Waals surface area contributed by atoms with Crippen molar-refractivity contribution in [1.82, 2.24) is 4.90 Å². The van der Waals surface area contributed by atoms with Crippen molar-refractivity contribution in [3.8, 4) is 16.9 Å². The van der Waals surface area contributed by atoms with Crippen molar-refractivity contribution < 1.29 is 19.4 Å². The van der Waals surface area contributed by atoms with E-state index in [4.69, 9.17) is 27.9 Å². The smallest absolute Gasteiger partial charge is 0.326 e. The fourth-order valence-corrected chi connectivity index (χ4v) is 5.26. The summed E-state index contributed by atoms with van der Waals surface area (Å²) in [6.45, 7) is 0.114.